The van der Waals surface area contributed by atoms with Crippen LogP contribution in [0.25, 0.3) is 0 Å². The van der Waals surface area contributed by atoms with Gasteiger partial charge in [-0.2, -0.15) is 0 Å². The summed E-state index contributed by atoms with van der Waals surface area (Å²) < 4.78 is 0. The van der Waals surface area contributed by atoms with Gasteiger partial charge in [-0.05, 0) is 6.92 Å². The number of carboxylic acids is 1. The molecular weight excluding hydrogens is 168 g/mol. The van der Waals surface area contributed by atoms with Gasteiger partial charge in [0, 0.05) is 0 Å². The lowest BCUT2D eigenvalue weighted by Gasteiger charge is -2.21. The van der Waals surface area contributed by atoms with Crippen molar-refractivity contribution in [2.45, 2.75) is 31.3 Å². The molecule has 6 nitrogen and oxygen atoms in total. The number of aliphatic hydroxyl groups excluding tert-OH is 4. The number of carboxylic acid groups (broad SMARTS) is 1. The van der Waals surface area contributed by atoms with E-state index in [1.54, 1.807) is 0 Å². The third-order valence-electron chi connectivity index (χ3n) is 1.42. The normalized spacial score (nSPS) is 21.1. The van der Waals surface area contributed by atoms with Gasteiger partial charge in [0.1, 0.15) is 12.2 Å². The highest BCUT2D eigenvalue weighted by Crippen LogP contribution is 2.04. The molecule has 0 fully saturated rings. The van der Waals surface area contributed by atoms with E-state index in [1.165, 1.54) is 6.92 Å². The van der Waals surface area contributed by atoms with Crippen LogP contribution in [0.15, 0.2) is 0 Å². The summed E-state index contributed by atoms with van der Waals surface area (Å²) in [5, 5.41) is 43.4. The Kier molecular flexibility index (Phi) is 4.11. The van der Waals surface area contributed by atoms with E-state index in [0.29, 0.717) is 0 Å². The van der Waals surface area contributed by atoms with Crippen LogP contribution in [0.5, 0.6) is 0 Å². The van der Waals surface area contributed by atoms with Gasteiger partial charge in [0.2, 0.25) is 0 Å². The second-order valence-electron chi connectivity index (χ2n) is 2.50. The summed E-state index contributed by atoms with van der Waals surface area (Å²) >= 11 is 0. The molecule has 0 saturated carbocycles. The zero-order valence-electron chi connectivity index (χ0n) is 6.45. The minimum atomic E-state index is -2.09. The number of rotatable bonds is 4. The van der Waals surface area contributed by atoms with Crippen LogP contribution in [0, 0.1) is 0 Å². The number of hydrogen-bond donors (Lipinski definition) is 5. The molecule has 4 atom stereocenters. The monoisotopic (exact) mass is 180 g/mol. The zero-order valence-corrected chi connectivity index (χ0v) is 6.45. The van der Waals surface area contributed by atoms with Crippen molar-refractivity contribution < 1.29 is 30.3 Å². The van der Waals surface area contributed by atoms with Crippen molar-refractivity contribution in [3.05, 3.63) is 0 Å². The fourth-order valence-electron chi connectivity index (χ4n) is 0.618. The average Bonchev–Trinajstić information content (AvgIpc) is 2.00. The van der Waals surface area contributed by atoms with E-state index in [-0.39, 0.29) is 0 Å². The molecule has 5 N–H and O–H groups in total. The largest absolute Gasteiger partial charge is 0.479 e. The Balaban J connectivity index is 4.18. The van der Waals surface area contributed by atoms with E-state index in [2.05, 4.69) is 0 Å². The average molecular weight is 180 g/mol. The third-order valence-corrected chi connectivity index (χ3v) is 1.42. The Hall–Kier alpha value is -0.690. The van der Waals surface area contributed by atoms with Crippen molar-refractivity contribution in [3.8, 4) is 0 Å². The molecule has 72 valence electrons. The summed E-state index contributed by atoms with van der Waals surface area (Å²) in [5.41, 5.74) is 0. The first kappa shape index (κ1) is 11.3. The lowest BCUT2D eigenvalue weighted by atomic mass is 10.0. The van der Waals surface area contributed by atoms with Gasteiger partial charge in [-0.15, -0.1) is 0 Å². The lowest BCUT2D eigenvalue weighted by molar-refractivity contribution is -0.162. The highest BCUT2D eigenvalue weighted by molar-refractivity contribution is 5.72. The molecule has 6 heteroatoms. The van der Waals surface area contributed by atoms with Crippen LogP contribution in [0.3, 0.4) is 0 Å². The van der Waals surface area contributed by atoms with Crippen LogP contribution in [0.1, 0.15) is 6.92 Å². The van der Waals surface area contributed by atoms with Crippen LogP contribution in [-0.4, -0.2) is 55.9 Å². The fraction of sp³-hybridized carbons (Fsp3) is 0.833. The van der Waals surface area contributed by atoms with Gasteiger partial charge in [0.25, 0.3) is 0 Å². The molecule has 0 bridgehead atoms. The molecule has 12 heavy (non-hydrogen) atoms. The van der Waals surface area contributed by atoms with E-state index < -0.39 is 30.4 Å². The predicted octanol–water partition coefficient (Wildman–Crippen LogP) is -2.47. The Bertz CT molecular complexity index is 156. The lowest BCUT2D eigenvalue weighted by Crippen LogP contribution is -2.46. The van der Waals surface area contributed by atoms with Gasteiger partial charge < -0.3 is 25.5 Å². The maximum atomic E-state index is 10.1. The Morgan fingerprint density at radius 2 is 1.50 bits per heavy atom. The molecule has 0 aromatic carbocycles. The van der Waals surface area contributed by atoms with Gasteiger partial charge in [-0.3, -0.25) is 0 Å². The second-order valence-corrected chi connectivity index (χ2v) is 2.50. The van der Waals surface area contributed by atoms with E-state index >= 15 is 0 Å². The van der Waals surface area contributed by atoms with Crippen LogP contribution >= 0.6 is 0 Å². The van der Waals surface area contributed by atoms with E-state index in [9.17, 15) is 4.79 Å². The molecular formula is C6H12O6. The summed E-state index contributed by atoms with van der Waals surface area (Å²) in [6.07, 6.45) is -6.94. The number of aliphatic carboxylic acids is 1. The molecule has 0 radical (unpaired) electrons. The van der Waals surface area contributed by atoms with Crippen LogP contribution in [0.2, 0.25) is 0 Å². The maximum Gasteiger partial charge on any atom is 0.335 e. The van der Waals surface area contributed by atoms with E-state index in [4.69, 9.17) is 25.5 Å². The van der Waals surface area contributed by atoms with Gasteiger partial charge in [0.05, 0.1) is 6.10 Å². The highest BCUT2D eigenvalue weighted by Gasteiger charge is 2.32. The molecule has 1 unspecified atom stereocenters. The maximum absolute atomic E-state index is 10.1. The fourth-order valence-corrected chi connectivity index (χ4v) is 0.618. The minimum absolute atomic E-state index is 1.17. The van der Waals surface area contributed by atoms with Gasteiger partial charge in [-0.25, -0.2) is 4.79 Å². The van der Waals surface area contributed by atoms with E-state index in [1.807, 2.05) is 0 Å². The van der Waals surface area contributed by atoms with Crippen molar-refractivity contribution >= 4 is 5.97 Å². The quantitative estimate of drug-likeness (QED) is 0.327. The molecule has 0 rings (SSSR count). The van der Waals surface area contributed by atoms with Crippen LogP contribution in [0.4, 0.5) is 0 Å². The summed E-state index contributed by atoms with van der Waals surface area (Å²) in [7, 11) is 0. The Morgan fingerprint density at radius 3 is 1.75 bits per heavy atom. The molecule has 0 heterocycles. The zero-order chi connectivity index (χ0) is 9.89. The molecule has 0 aromatic heterocycles. The number of aliphatic hydroxyl groups is 4. The van der Waals surface area contributed by atoms with Crippen molar-refractivity contribution in [1.29, 1.82) is 0 Å². The molecule has 0 aliphatic heterocycles. The van der Waals surface area contributed by atoms with Gasteiger partial charge in [0.15, 0.2) is 6.10 Å². The first-order valence-electron chi connectivity index (χ1n) is 3.33. The highest BCUT2D eigenvalue weighted by atomic mass is 16.4. The van der Waals surface area contributed by atoms with Crippen LogP contribution < -0.4 is 0 Å². The molecule has 0 amide bonds. The molecule has 0 aromatic rings. The first-order chi connectivity index (χ1) is 5.37. The van der Waals surface area contributed by atoms with E-state index in [0.717, 1.165) is 0 Å². The molecule has 0 aliphatic carbocycles. The standard InChI is InChI=1S/C6H12O6/c1-2(7)3(8)4(9)5(10)6(11)12/h2-5,7-10H,1H3,(H,11,12)/t2-,3-,4+,5?/m1/s1. The van der Waals surface area contributed by atoms with Crippen LogP contribution in [-0.2, 0) is 4.79 Å². The van der Waals surface area contributed by atoms with Crippen molar-refractivity contribution in [2.24, 2.45) is 0 Å². The SMILES string of the molecule is C[C@@H](O)[C@@H](O)[C@H](O)C(O)C(=O)O. The Labute approximate surface area is 68.7 Å². The molecule has 0 aliphatic rings. The van der Waals surface area contributed by atoms with Gasteiger partial charge in [-0.1, -0.05) is 0 Å². The number of hydrogen-bond acceptors (Lipinski definition) is 5. The minimum Gasteiger partial charge on any atom is -0.479 e. The first-order valence-corrected chi connectivity index (χ1v) is 3.33. The van der Waals surface area contributed by atoms with Crippen molar-refractivity contribution in [2.75, 3.05) is 0 Å². The van der Waals surface area contributed by atoms with Crippen molar-refractivity contribution in [3.63, 3.8) is 0 Å². The smallest absolute Gasteiger partial charge is 0.335 e. The number of carbonyl (C=O) groups is 1. The topological polar surface area (TPSA) is 118 Å². The summed E-state index contributed by atoms with van der Waals surface area (Å²) in [5.74, 6) is -1.65. The molecule has 0 spiro atoms. The third kappa shape index (κ3) is 2.74. The predicted molar refractivity (Wildman–Crippen MR) is 37.3 cm³/mol. The summed E-state index contributed by atoms with van der Waals surface area (Å²) in [4.78, 5) is 10.1. The summed E-state index contributed by atoms with van der Waals surface area (Å²) in [6, 6.07) is 0. The second kappa shape index (κ2) is 4.36. The Morgan fingerprint density at radius 1 is 1.08 bits per heavy atom. The van der Waals surface area contributed by atoms with Crippen molar-refractivity contribution in [1.82, 2.24) is 0 Å². The summed E-state index contributed by atoms with van der Waals surface area (Å²) in [6.45, 7) is 1.17. The van der Waals surface area contributed by atoms with Gasteiger partial charge >= 0.3 is 5.97 Å². The molecule has 0 saturated heterocycles.